The third-order valence-corrected chi connectivity index (χ3v) is 4.12. The molecule has 100 valence electrons. The molecule has 0 bridgehead atoms. The maximum absolute atomic E-state index is 10.8. The monoisotopic (exact) mass is 269 g/mol. The number of thiazole rings is 1. The largest absolute Gasteiger partial charge is 0.476 e. The van der Waals surface area contributed by atoms with Crippen molar-refractivity contribution in [1.82, 2.24) is 9.88 Å². The number of rotatable bonds is 4. The van der Waals surface area contributed by atoms with Gasteiger partial charge >= 0.3 is 5.97 Å². The molecule has 2 heterocycles. The maximum Gasteiger partial charge on any atom is 0.355 e. The van der Waals surface area contributed by atoms with E-state index in [9.17, 15) is 4.79 Å². The Morgan fingerprint density at radius 2 is 2.22 bits per heavy atom. The van der Waals surface area contributed by atoms with Gasteiger partial charge in [-0.05, 0) is 32.9 Å². The van der Waals surface area contributed by atoms with Gasteiger partial charge < -0.3 is 14.9 Å². The van der Waals surface area contributed by atoms with Crippen LogP contribution < -0.4 is 4.90 Å². The van der Waals surface area contributed by atoms with E-state index in [0.29, 0.717) is 0 Å². The highest BCUT2D eigenvalue weighted by molar-refractivity contribution is 7.13. The predicted octanol–water partition coefficient (Wildman–Crippen LogP) is 1.62. The number of carboxylic acid groups (broad SMARTS) is 1. The molecule has 0 radical (unpaired) electrons. The second-order valence-electron chi connectivity index (χ2n) is 5.01. The summed E-state index contributed by atoms with van der Waals surface area (Å²) >= 11 is 1.42. The van der Waals surface area contributed by atoms with Crippen molar-refractivity contribution in [2.24, 2.45) is 5.92 Å². The van der Waals surface area contributed by atoms with E-state index in [-0.39, 0.29) is 5.69 Å². The molecular weight excluding hydrogens is 250 g/mol. The molecule has 1 aliphatic heterocycles. The van der Waals surface area contributed by atoms with Crippen LogP contribution in [0.1, 0.15) is 23.3 Å². The van der Waals surface area contributed by atoms with Crippen molar-refractivity contribution in [3.63, 3.8) is 0 Å². The Balaban J connectivity index is 1.90. The molecule has 1 fully saturated rings. The minimum absolute atomic E-state index is 0.158. The van der Waals surface area contributed by atoms with E-state index < -0.39 is 5.97 Å². The van der Waals surface area contributed by atoms with Crippen LogP contribution in [0.4, 0.5) is 5.13 Å². The Bertz CT molecular complexity index is 411. The number of anilines is 1. The smallest absolute Gasteiger partial charge is 0.355 e. The van der Waals surface area contributed by atoms with E-state index in [1.54, 1.807) is 5.38 Å². The van der Waals surface area contributed by atoms with Crippen molar-refractivity contribution in [1.29, 1.82) is 0 Å². The summed E-state index contributed by atoms with van der Waals surface area (Å²) in [6, 6.07) is 0. The van der Waals surface area contributed by atoms with Gasteiger partial charge in [-0.3, -0.25) is 0 Å². The molecule has 0 atom stereocenters. The predicted molar refractivity (Wildman–Crippen MR) is 72.6 cm³/mol. The third-order valence-electron chi connectivity index (χ3n) is 3.22. The zero-order valence-electron chi connectivity index (χ0n) is 10.8. The molecule has 1 N–H and O–H groups in total. The van der Waals surface area contributed by atoms with Crippen LogP contribution in [-0.2, 0) is 0 Å². The molecule has 0 unspecified atom stereocenters. The lowest BCUT2D eigenvalue weighted by Crippen LogP contribution is -2.37. The number of carboxylic acids is 1. The average Bonchev–Trinajstić information content (AvgIpc) is 2.78. The molecule has 0 spiro atoms. The van der Waals surface area contributed by atoms with Crippen molar-refractivity contribution < 1.29 is 9.90 Å². The maximum atomic E-state index is 10.8. The first-order valence-electron chi connectivity index (χ1n) is 6.14. The highest BCUT2D eigenvalue weighted by Gasteiger charge is 2.22. The quantitative estimate of drug-likeness (QED) is 0.900. The van der Waals surface area contributed by atoms with Crippen molar-refractivity contribution in [3.05, 3.63) is 11.1 Å². The first kappa shape index (κ1) is 13.3. The highest BCUT2D eigenvalue weighted by Crippen LogP contribution is 2.26. The Morgan fingerprint density at radius 3 is 2.72 bits per heavy atom. The standard InChI is InChI=1S/C12H19N3O2S/c1-14(2)7-9-3-5-15(6-4-9)12-13-10(8-18-12)11(16)17/h8-9H,3-7H2,1-2H3,(H,16,17). The average molecular weight is 269 g/mol. The van der Waals surface area contributed by atoms with Crippen LogP contribution >= 0.6 is 11.3 Å². The Hall–Kier alpha value is -1.14. The number of aromatic nitrogens is 1. The Kier molecular flexibility index (Phi) is 4.19. The third kappa shape index (κ3) is 3.20. The molecule has 0 saturated carbocycles. The molecular formula is C12H19N3O2S. The highest BCUT2D eigenvalue weighted by atomic mass is 32.1. The van der Waals surface area contributed by atoms with E-state index >= 15 is 0 Å². The fourth-order valence-corrected chi connectivity index (χ4v) is 3.18. The van der Waals surface area contributed by atoms with Gasteiger partial charge in [0.1, 0.15) is 0 Å². The summed E-state index contributed by atoms with van der Waals surface area (Å²) in [5, 5.41) is 11.3. The number of hydrogen-bond acceptors (Lipinski definition) is 5. The van der Waals surface area contributed by atoms with E-state index in [4.69, 9.17) is 5.11 Å². The summed E-state index contributed by atoms with van der Waals surface area (Å²) in [4.78, 5) is 19.4. The minimum atomic E-state index is -0.944. The zero-order chi connectivity index (χ0) is 13.1. The molecule has 2 rings (SSSR count). The summed E-state index contributed by atoms with van der Waals surface area (Å²) in [7, 11) is 4.21. The van der Waals surface area contributed by atoms with Crippen LogP contribution in [0.25, 0.3) is 0 Å². The van der Waals surface area contributed by atoms with Gasteiger partial charge in [0, 0.05) is 25.0 Å². The van der Waals surface area contributed by atoms with E-state index in [0.717, 1.165) is 43.5 Å². The molecule has 0 amide bonds. The van der Waals surface area contributed by atoms with E-state index in [2.05, 4.69) is 28.9 Å². The topological polar surface area (TPSA) is 56.7 Å². The van der Waals surface area contributed by atoms with E-state index in [1.165, 1.54) is 11.3 Å². The molecule has 0 aliphatic carbocycles. The van der Waals surface area contributed by atoms with Gasteiger partial charge in [-0.25, -0.2) is 9.78 Å². The summed E-state index contributed by atoms with van der Waals surface area (Å²) in [6.45, 7) is 3.09. The molecule has 0 aromatic carbocycles. The van der Waals surface area contributed by atoms with Gasteiger partial charge in [-0.2, -0.15) is 0 Å². The summed E-state index contributed by atoms with van der Waals surface area (Å²) in [5.41, 5.74) is 0.158. The summed E-state index contributed by atoms with van der Waals surface area (Å²) in [6.07, 6.45) is 2.31. The van der Waals surface area contributed by atoms with Gasteiger partial charge in [0.2, 0.25) is 0 Å². The normalized spacial score (nSPS) is 17.4. The Labute approximate surface area is 111 Å². The SMILES string of the molecule is CN(C)CC1CCN(c2nc(C(=O)O)cs2)CC1. The lowest BCUT2D eigenvalue weighted by molar-refractivity contribution is 0.0691. The minimum Gasteiger partial charge on any atom is -0.476 e. The van der Waals surface area contributed by atoms with Crippen molar-refractivity contribution >= 4 is 22.4 Å². The molecule has 18 heavy (non-hydrogen) atoms. The molecule has 1 aromatic heterocycles. The van der Waals surface area contributed by atoms with E-state index in [1.807, 2.05) is 0 Å². The second kappa shape index (κ2) is 5.67. The second-order valence-corrected chi connectivity index (χ2v) is 5.85. The number of nitrogens with zero attached hydrogens (tertiary/aromatic N) is 3. The first-order valence-corrected chi connectivity index (χ1v) is 7.02. The zero-order valence-corrected chi connectivity index (χ0v) is 11.6. The lowest BCUT2D eigenvalue weighted by Gasteiger charge is -2.32. The Morgan fingerprint density at radius 1 is 1.56 bits per heavy atom. The number of piperidine rings is 1. The fraction of sp³-hybridized carbons (Fsp3) is 0.667. The van der Waals surface area contributed by atoms with Gasteiger partial charge in [0.15, 0.2) is 10.8 Å². The molecule has 6 heteroatoms. The first-order chi connectivity index (χ1) is 8.56. The van der Waals surface area contributed by atoms with Crippen molar-refractivity contribution in [3.8, 4) is 0 Å². The van der Waals surface area contributed by atoms with Gasteiger partial charge in [-0.1, -0.05) is 0 Å². The van der Waals surface area contributed by atoms with Crippen LogP contribution in [0.15, 0.2) is 5.38 Å². The fourth-order valence-electron chi connectivity index (χ4n) is 2.33. The van der Waals surface area contributed by atoms with Gasteiger partial charge in [0.05, 0.1) is 0 Å². The van der Waals surface area contributed by atoms with Crippen LogP contribution in [0, 0.1) is 5.92 Å². The van der Waals surface area contributed by atoms with Gasteiger partial charge in [0.25, 0.3) is 0 Å². The van der Waals surface area contributed by atoms with Crippen LogP contribution in [0.3, 0.4) is 0 Å². The number of aromatic carboxylic acids is 1. The number of carbonyl (C=O) groups is 1. The van der Waals surface area contributed by atoms with Crippen LogP contribution in [-0.4, -0.2) is 54.7 Å². The van der Waals surface area contributed by atoms with Gasteiger partial charge in [-0.15, -0.1) is 11.3 Å². The van der Waals surface area contributed by atoms with Crippen molar-refractivity contribution in [2.45, 2.75) is 12.8 Å². The molecule has 1 saturated heterocycles. The lowest BCUT2D eigenvalue weighted by atomic mass is 9.97. The number of hydrogen-bond donors (Lipinski definition) is 1. The van der Waals surface area contributed by atoms with Crippen molar-refractivity contribution in [2.75, 3.05) is 38.6 Å². The van der Waals surface area contributed by atoms with Crippen LogP contribution in [0.5, 0.6) is 0 Å². The summed E-state index contributed by atoms with van der Waals surface area (Å²) in [5.74, 6) is -0.199. The molecule has 5 nitrogen and oxygen atoms in total. The molecule has 1 aliphatic rings. The van der Waals surface area contributed by atoms with Crippen LogP contribution in [0.2, 0.25) is 0 Å². The summed E-state index contributed by atoms with van der Waals surface area (Å²) < 4.78 is 0. The molecule has 1 aromatic rings.